The van der Waals surface area contributed by atoms with Crippen molar-refractivity contribution in [2.75, 3.05) is 0 Å². The quantitative estimate of drug-likeness (QED) is 0.555. The van der Waals surface area contributed by atoms with Crippen LogP contribution in [0.1, 0.15) is 12.8 Å². The third-order valence-corrected chi connectivity index (χ3v) is 6.11. The van der Waals surface area contributed by atoms with Gasteiger partial charge in [0.2, 0.25) is 0 Å². The van der Waals surface area contributed by atoms with Gasteiger partial charge in [-0.2, -0.15) is 8.42 Å². The molecule has 0 spiro atoms. The first-order valence-electron chi connectivity index (χ1n) is 5.67. The number of hydrogen-bond donors (Lipinski definition) is 1. The van der Waals surface area contributed by atoms with Gasteiger partial charge in [-0.15, -0.1) is 0 Å². The molecule has 0 amide bonds. The molecular formula is C9H11FO7S2. The fourth-order valence-corrected chi connectivity index (χ4v) is 5.07. The van der Waals surface area contributed by atoms with Gasteiger partial charge in [0.25, 0.3) is 0 Å². The van der Waals surface area contributed by atoms with E-state index in [2.05, 4.69) is 0 Å². The van der Waals surface area contributed by atoms with E-state index in [1.54, 1.807) is 0 Å². The smallest absolute Gasteiger partial charge is 0.359 e. The van der Waals surface area contributed by atoms with Gasteiger partial charge in [0.15, 0.2) is 11.1 Å². The molecule has 108 valence electrons. The van der Waals surface area contributed by atoms with Crippen molar-refractivity contribution in [1.29, 1.82) is 0 Å². The molecule has 7 nitrogen and oxygen atoms in total. The molecule has 1 N–H and O–H groups in total. The van der Waals surface area contributed by atoms with E-state index in [0.29, 0.717) is 12.8 Å². The summed E-state index contributed by atoms with van der Waals surface area (Å²) in [6.07, 6.45) is -0.140. The first kappa shape index (κ1) is 13.4. The minimum absolute atomic E-state index is 0.00688. The van der Waals surface area contributed by atoms with E-state index in [-0.39, 0.29) is 17.1 Å². The number of rotatable bonds is 3. The first-order chi connectivity index (χ1) is 8.79. The summed E-state index contributed by atoms with van der Waals surface area (Å²) in [5.74, 6) is -1.74. The van der Waals surface area contributed by atoms with Gasteiger partial charge in [0, 0.05) is 11.8 Å². The molecule has 2 bridgehead atoms. The van der Waals surface area contributed by atoms with Crippen LogP contribution in [0.3, 0.4) is 0 Å². The number of halogens is 1. The highest BCUT2D eigenvalue weighted by molar-refractivity contribution is 7.87. The zero-order valence-corrected chi connectivity index (χ0v) is 11.1. The molecule has 3 rings (SSSR count). The van der Waals surface area contributed by atoms with Crippen LogP contribution in [0.15, 0.2) is 0 Å². The Balaban J connectivity index is 1.73. The highest BCUT2D eigenvalue weighted by atomic mass is 32.2. The molecular weight excluding hydrogens is 303 g/mol. The lowest BCUT2D eigenvalue weighted by molar-refractivity contribution is -0.158. The summed E-state index contributed by atoms with van der Waals surface area (Å²) in [6, 6.07) is 0. The predicted octanol–water partition coefficient (Wildman–Crippen LogP) is -0.447. The lowest BCUT2D eigenvalue weighted by Crippen LogP contribution is -2.40. The van der Waals surface area contributed by atoms with Crippen molar-refractivity contribution >= 4 is 27.2 Å². The Bertz CT molecular complexity index is 547. The van der Waals surface area contributed by atoms with Crippen LogP contribution in [0.25, 0.3) is 0 Å². The van der Waals surface area contributed by atoms with Crippen LogP contribution in [0, 0.1) is 11.8 Å². The average molecular weight is 314 g/mol. The Labute approximate surface area is 110 Å². The monoisotopic (exact) mass is 314 g/mol. The summed E-state index contributed by atoms with van der Waals surface area (Å²) in [4.78, 5) is 11.3. The summed E-state index contributed by atoms with van der Waals surface area (Å²) in [5, 5.41) is -0.0762. The van der Waals surface area contributed by atoms with E-state index < -0.39 is 44.9 Å². The lowest BCUT2D eigenvalue weighted by atomic mass is 9.94. The van der Waals surface area contributed by atoms with E-state index in [9.17, 15) is 21.8 Å². The van der Waals surface area contributed by atoms with E-state index in [4.69, 9.17) is 13.5 Å². The number of esters is 1. The van der Waals surface area contributed by atoms with Gasteiger partial charge in [0.1, 0.15) is 12.2 Å². The molecule has 1 aliphatic heterocycles. The fraction of sp³-hybridized carbons (Fsp3) is 0.889. The molecule has 3 aliphatic rings. The van der Waals surface area contributed by atoms with Crippen LogP contribution in [-0.4, -0.2) is 46.1 Å². The lowest BCUT2D eigenvalue weighted by Gasteiger charge is -2.25. The van der Waals surface area contributed by atoms with Crippen LogP contribution in [0.2, 0.25) is 0 Å². The normalized spacial score (nSPS) is 45.4. The van der Waals surface area contributed by atoms with Gasteiger partial charge in [-0.3, -0.25) is 8.74 Å². The van der Waals surface area contributed by atoms with Crippen molar-refractivity contribution < 1.29 is 35.3 Å². The second-order valence-corrected chi connectivity index (χ2v) is 7.75. The highest BCUT2D eigenvalue weighted by Gasteiger charge is 2.62. The van der Waals surface area contributed by atoms with Crippen molar-refractivity contribution in [2.45, 2.75) is 35.8 Å². The zero-order chi connectivity index (χ0) is 13.9. The van der Waals surface area contributed by atoms with Crippen LogP contribution >= 0.6 is 0 Å². The standard InChI is InChI=1S/C9H11FO7S2/c10-8(19(13,14)15)9(11)16-6-3-1-4-5(2-3)18(12)17-7(4)6/h3-8H,1-2H2,(H,13,14,15). The molecule has 10 heteroatoms. The maximum atomic E-state index is 13.1. The summed E-state index contributed by atoms with van der Waals surface area (Å²) >= 11 is -1.43. The summed E-state index contributed by atoms with van der Waals surface area (Å²) in [6.45, 7) is 0. The molecule has 0 aromatic heterocycles. The Morgan fingerprint density at radius 3 is 2.79 bits per heavy atom. The van der Waals surface area contributed by atoms with Crippen LogP contribution < -0.4 is 0 Å². The first-order valence-corrected chi connectivity index (χ1v) is 8.31. The number of carbonyl (C=O) groups is 1. The molecule has 2 aliphatic carbocycles. The van der Waals surface area contributed by atoms with E-state index in [0.717, 1.165) is 0 Å². The molecule has 3 fully saturated rings. The van der Waals surface area contributed by atoms with Crippen LogP contribution in [-0.2, 0) is 34.9 Å². The van der Waals surface area contributed by atoms with Crippen molar-refractivity contribution in [3.8, 4) is 0 Å². The largest absolute Gasteiger partial charge is 0.456 e. The van der Waals surface area contributed by atoms with Crippen LogP contribution in [0.5, 0.6) is 0 Å². The molecule has 7 unspecified atom stereocenters. The summed E-state index contributed by atoms with van der Waals surface area (Å²) in [7, 11) is -5.12. The van der Waals surface area contributed by atoms with Gasteiger partial charge < -0.3 is 4.74 Å². The van der Waals surface area contributed by atoms with Gasteiger partial charge in [-0.25, -0.2) is 13.4 Å². The van der Waals surface area contributed by atoms with Gasteiger partial charge >= 0.3 is 21.6 Å². The third kappa shape index (κ3) is 2.01. The third-order valence-electron chi connectivity index (χ3n) is 3.95. The molecule has 1 heterocycles. The maximum absolute atomic E-state index is 13.1. The average Bonchev–Trinajstić information content (AvgIpc) is 2.91. The number of carbonyl (C=O) groups excluding carboxylic acids is 1. The minimum Gasteiger partial charge on any atom is -0.456 e. The molecule has 0 aromatic carbocycles. The van der Waals surface area contributed by atoms with Gasteiger partial charge in [-0.05, 0) is 12.8 Å². The second kappa shape index (κ2) is 4.21. The Morgan fingerprint density at radius 2 is 2.16 bits per heavy atom. The predicted molar refractivity (Wildman–Crippen MR) is 59.3 cm³/mol. The van der Waals surface area contributed by atoms with E-state index in [1.807, 2.05) is 0 Å². The van der Waals surface area contributed by atoms with Gasteiger partial charge in [-0.1, -0.05) is 0 Å². The van der Waals surface area contributed by atoms with Gasteiger partial charge in [0.05, 0.1) is 5.25 Å². The molecule has 2 saturated carbocycles. The van der Waals surface area contributed by atoms with Crippen molar-refractivity contribution in [2.24, 2.45) is 11.8 Å². The molecule has 0 aromatic rings. The molecule has 1 saturated heterocycles. The Morgan fingerprint density at radius 1 is 1.47 bits per heavy atom. The van der Waals surface area contributed by atoms with Crippen molar-refractivity contribution in [3.63, 3.8) is 0 Å². The molecule has 7 atom stereocenters. The van der Waals surface area contributed by atoms with E-state index >= 15 is 0 Å². The number of hydrogen-bond acceptors (Lipinski definition) is 6. The second-order valence-electron chi connectivity index (χ2n) is 4.99. The minimum atomic E-state index is -5.12. The molecule has 19 heavy (non-hydrogen) atoms. The number of fused-ring (bicyclic) bond motifs is 1. The fourth-order valence-electron chi connectivity index (χ4n) is 3.20. The number of ether oxygens (including phenoxy) is 1. The SMILES string of the molecule is O=C(OC1C2CC3C1OS(=O)C3C2)C(F)S(=O)(=O)O. The Kier molecular flexibility index (Phi) is 2.97. The maximum Gasteiger partial charge on any atom is 0.359 e. The Hall–Kier alpha value is -0.580. The zero-order valence-electron chi connectivity index (χ0n) is 9.47. The topological polar surface area (TPSA) is 107 Å². The summed E-state index contributed by atoms with van der Waals surface area (Å²) < 4.78 is 64.1. The van der Waals surface area contributed by atoms with Crippen molar-refractivity contribution in [3.05, 3.63) is 0 Å². The summed E-state index contributed by atoms with van der Waals surface area (Å²) in [5.41, 5.74) is -3.12. The highest BCUT2D eigenvalue weighted by Crippen LogP contribution is 2.54. The molecule has 0 radical (unpaired) electrons. The number of alkyl halides is 1. The van der Waals surface area contributed by atoms with E-state index in [1.165, 1.54) is 0 Å². The van der Waals surface area contributed by atoms with Crippen molar-refractivity contribution in [1.82, 2.24) is 0 Å². The van der Waals surface area contributed by atoms with Crippen LogP contribution in [0.4, 0.5) is 4.39 Å².